The van der Waals surface area contributed by atoms with E-state index < -0.39 is 28.7 Å². The predicted molar refractivity (Wildman–Crippen MR) is 57.4 cm³/mol. The molecule has 2 atom stereocenters. The van der Waals surface area contributed by atoms with Crippen LogP contribution < -0.4 is 5.73 Å². The van der Waals surface area contributed by atoms with E-state index in [1.54, 1.807) is 0 Å². The Labute approximate surface area is 93.2 Å². The van der Waals surface area contributed by atoms with E-state index in [0.717, 1.165) is 6.26 Å². The molecule has 6 heteroatoms. The van der Waals surface area contributed by atoms with Crippen LogP contribution in [0.2, 0.25) is 0 Å². The lowest BCUT2D eigenvalue weighted by atomic mass is 10.1. The molecular formula is C10H13F2NO2S. The molecule has 0 aromatic heterocycles. The van der Waals surface area contributed by atoms with Crippen LogP contribution >= 0.6 is 0 Å². The molecule has 0 saturated heterocycles. The summed E-state index contributed by atoms with van der Waals surface area (Å²) in [7, 11) is -3.30. The fourth-order valence-electron chi connectivity index (χ4n) is 1.22. The van der Waals surface area contributed by atoms with Crippen molar-refractivity contribution >= 4 is 9.84 Å². The molecular weight excluding hydrogens is 236 g/mol. The topological polar surface area (TPSA) is 60.2 Å². The van der Waals surface area contributed by atoms with Crippen LogP contribution in [-0.2, 0) is 9.84 Å². The number of rotatable bonds is 4. The number of hydrogen-bond acceptors (Lipinski definition) is 3. The Morgan fingerprint density at radius 2 is 1.81 bits per heavy atom. The molecule has 2 N–H and O–H groups in total. The van der Waals surface area contributed by atoms with Crippen molar-refractivity contribution in [2.75, 3.05) is 12.9 Å². The Bertz CT molecular complexity index is 444. The molecule has 90 valence electrons. The summed E-state index contributed by atoms with van der Waals surface area (Å²) in [6, 6.07) is 3.95. The second-order valence-corrected chi connectivity index (χ2v) is 5.58. The predicted octanol–water partition coefficient (Wildman–Crippen LogP) is 1.40. The Balaban J connectivity index is 2.96. The van der Waals surface area contributed by atoms with Crippen LogP contribution in [0.4, 0.5) is 8.78 Å². The maximum absolute atomic E-state index is 13.4. The smallest absolute Gasteiger partial charge is 0.175 e. The third-order valence-corrected chi connectivity index (χ3v) is 3.31. The molecule has 1 aromatic carbocycles. The number of hydrogen-bond donors (Lipinski definition) is 1. The first-order chi connectivity index (χ1) is 7.36. The quantitative estimate of drug-likeness (QED) is 0.877. The summed E-state index contributed by atoms with van der Waals surface area (Å²) in [5, 5.41) is 0. The van der Waals surface area contributed by atoms with Gasteiger partial charge in [-0.1, -0.05) is 12.1 Å². The summed E-state index contributed by atoms with van der Waals surface area (Å²) in [6.07, 6.45) is -0.569. The van der Waals surface area contributed by atoms with Gasteiger partial charge in [-0.05, 0) is 17.7 Å². The van der Waals surface area contributed by atoms with Gasteiger partial charge >= 0.3 is 0 Å². The number of alkyl halides is 2. The van der Waals surface area contributed by atoms with Crippen LogP contribution in [0.15, 0.2) is 29.2 Å². The van der Waals surface area contributed by atoms with E-state index in [1.165, 1.54) is 24.3 Å². The van der Waals surface area contributed by atoms with Crippen molar-refractivity contribution in [3.63, 3.8) is 0 Å². The molecule has 0 amide bonds. The van der Waals surface area contributed by atoms with Gasteiger partial charge in [0.05, 0.1) is 10.9 Å². The molecule has 0 fully saturated rings. The number of sulfone groups is 1. The number of benzene rings is 1. The van der Waals surface area contributed by atoms with Crippen LogP contribution in [0.3, 0.4) is 0 Å². The fourth-order valence-corrected chi connectivity index (χ4v) is 1.85. The lowest BCUT2D eigenvalue weighted by molar-refractivity contribution is 0.251. The maximum Gasteiger partial charge on any atom is 0.175 e. The minimum Gasteiger partial charge on any atom is -0.323 e. The maximum atomic E-state index is 13.4. The summed E-state index contributed by atoms with van der Waals surface area (Å²) in [4.78, 5) is 0.0947. The standard InChI is InChI=1S/C10H13F2NO2S/c1-16(14,15)8-4-2-7(3-5-8)10(12)9(13)6-11/h2-5,9-10H,6,13H2,1H3/t9-,10?/m1/s1. The van der Waals surface area contributed by atoms with Gasteiger partial charge in [-0.2, -0.15) is 0 Å². The zero-order valence-electron chi connectivity index (χ0n) is 8.73. The lowest BCUT2D eigenvalue weighted by Gasteiger charge is -2.13. The Kier molecular flexibility index (Phi) is 3.98. The number of nitrogens with two attached hydrogens (primary N) is 1. The van der Waals surface area contributed by atoms with Crippen molar-refractivity contribution in [2.45, 2.75) is 17.1 Å². The van der Waals surface area contributed by atoms with Gasteiger partial charge in [0.2, 0.25) is 0 Å². The fraction of sp³-hybridized carbons (Fsp3) is 0.400. The van der Waals surface area contributed by atoms with E-state index in [2.05, 4.69) is 0 Å². The first-order valence-electron chi connectivity index (χ1n) is 4.62. The highest BCUT2D eigenvalue weighted by atomic mass is 32.2. The summed E-state index contributed by atoms with van der Waals surface area (Å²) < 4.78 is 47.8. The molecule has 0 aliphatic heterocycles. The van der Waals surface area contributed by atoms with Crippen LogP contribution in [0.25, 0.3) is 0 Å². The summed E-state index contributed by atoms with van der Waals surface area (Å²) >= 11 is 0. The molecule has 1 rings (SSSR count). The van der Waals surface area contributed by atoms with Crippen LogP contribution in [-0.4, -0.2) is 27.4 Å². The summed E-state index contributed by atoms with van der Waals surface area (Å²) in [5.41, 5.74) is 5.38. The molecule has 0 aliphatic rings. The van der Waals surface area contributed by atoms with Gasteiger partial charge in [0.1, 0.15) is 12.8 Å². The first-order valence-corrected chi connectivity index (χ1v) is 6.51. The van der Waals surface area contributed by atoms with E-state index >= 15 is 0 Å². The van der Waals surface area contributed by atoms with Crippen molar-refractivity contribution in [1.82, 2.24) is 0 Å². The molecule has 1 unspecified atom stereocenters. The van der Waals surface area contributed by atoms with E-state index in [4.69, 9.17) is 5.73 Å². The van der Waals surface area contributed by atoms with Gasteiger partial charge < -0.3 is 5.73 Å². The molecule has 1 aromatic rings. The summed E-state index contributed by atoms with van der Waals surface area (Å²) in [5.74, 6) is 0. The van der Waals surface area contributed by atoms with Crippen LogP contribution in [0, 0.1) is 0 Å². The van der Waals surface area contributed by atoms with Gasteiger partial charge in [-0.25, -0.2) is 17.2 Å². The van der Waals surface area contributed by atoms with E-state index in [9.17, 15) is 17.2 Å². The third kappa shape index (κ3) is 2.99. The van der Waals surface area contributed by atoms with E-state index in [-0.39, 0.29) is 10.5 Å². The zero-order valence-corrected chi connectivity index (χ0v) is 9.55. The first kappa shape index (κ1) is 13.1. The molecule has 0 spiro atoms. The van der Waals surface area contributed by atoms with Crippen molar-refractivity contribution in [1.29, 1.82) is 0 Å². The van der Waals surface area contributed by atoms with Crippen molar-refractivity contribution in [2.24, 2.45) is 5.73 Å². The Hall–Kier alpha value is -1.01. The summed E-state index contributed by atoms with van der Waals surface area (Å²) in [6.45, 7) is -0.963. The number of halogens is 2. The van der Waals surface area contributed by atoms with Crippen molar-refractivity contribution in [3.05, 3.63) is 29.8 Å². The average molecular weight is 249 g/mol. The molecule has 16 heavy (non-hydrogen) atoms. The highest BCUT2D eigenvalue weighted by Crippen LogP contribution is 2.22. The van der Waals surface area contributed by atoms with Gasteiger partial charge in [0.15, 0.2) is 9.84 Å². The third-order valence-electron chi connectivity index (χ3n) is 2.18. The van der Waals surface area contributed by atoms with Crippen molar-refractivity contribution < 1.29 is 17.2 Å². The van der Waals surface area contributed by atoms with E-state index in [1.807, 2.05) is 0 Å². The van der Waals surface area contributed by atoms with Gasteiger partial charge in [-0.15, -0.1) is 0 Å². The molecule has 3 nitrogen and oxygen atoms in total. The minimum absolute atomic E-state index is 0.0947. The van der Waals surface area contributed by atoms with Gasteiger partial charge in [0.25, 0.3) is 0 Å². The highest BCUT2D eigenvalue weighted by Gasteiger charge is 2.19. The molecule has 0 saturated carbocycles. The Morgan fingerprint density at radius 3 is 2.19 bits per heavy atom. The van der Waals surface area contributed by atoms with Gasteiger partial charge in [0, 0.05) is 6.26 Å². The highest BCUT2D eigenvalue weighted by molar-refractivity contribution is 7.90. The second-order valence-electron chi connectivity index (χ2n) is 3.56. The lowest BCUT2D eigenvalue weighted by Crippen LogP contribution is -2.27. The average Bonchev–Trinajstić information content (AvgIpc) is 2.26. The largest absolute Gasteiger partial charge is 0.323 e. The Morgan fingerprint density at radius 1 is 1.31 bits per heavy atom. The van der Waals surface area contributed by atoms with Crippen LogP contribution in [0.5, 0.6) is 0 Å². The van der Waals surface area contributed by atoms with Crippen LogP contribution in [0.1, 0.15) is 11.7 Å². The monoisotopic (exact) mass is 249 g/mol. The minimum atomic E-state index is -3.30. The molecule has 0 radical (unpaired) electrons. The molecule has 0 heterocycles. The van der Waals surface area contributed by atoms with Crippen molar-refractivity contribution in [3.8, 4) is 0 Å². The second kappa shape index (κ2) is 4.88. The molecule has 0 bridgehead atoms. The normalized spacial score (nSPS) is 15.8. The van der Waals surface area contributed by atoms with E-state index in [0.29, 0.717) is 0 Å². The molecule has 0 aliphatic carbocycles. The SMILES string of the molecule is CS(=O)(=O)c1ccc(C(F)[C@H](N)CF)cc1. The van der Waals surface area contributed by atoms with Gasteiger partial charge in [-0.3, -0.25) is 0 Å². The zero-order chi connectivity index (χ0) is 12.3.